The minimum atomic E-state index is -4.07. The lowest BCUT2D eigenvalue weighted by Gasteiger charge is -2.40. The highest BCUT2D eigenvalue weighted by Crippen LogP contribution is 2.39. The Hall–Kier alpha value is -0.780. The molecule has 1 aliphatic heterocycles. The van der Waals surface area contributed by atoms with E-state index in [2.05, 4.69) is 4.90 Å². The molecule has 0 aromatic heterocycles. The number of aliphatic carboxylic acids is 1. The van der Waals surface area contributed by atoms with Gasteiger partial charge in [-0.05, 0) is 45.1 Å². The molecule has 1 atom stereocenters. The van der Waals surface area contributed by atoms with Gasteiger partial charge >= 0.3 is 12.1 Å². The van der Waals surface area contributed by atoms with E-state index in [0.717, 1.165) is 13.0 Å². The number of carboxylic acids is 1. The van der Waals surface area contributed by atoms with Gasteiger partial charge < -0.3 is 5.11 Å². The van der Waals surface area contributed by atoms with E-state index in [1.807, 2.05) is 0 Å². The minimum Gasteiger partial charge on any atom is -0.481 e. The molecule has 0 bridgehead atoms. The Bertz CT molecular complexity index is 324. The van der Waals surface area contributed by atoms with Crippen molar-refractivity contribution in [3.05, 3.63) is 0 Å². The molecule has 1 heterocycles. The predicted molar refractivity (Wildman–Crippen MR) is 63.7 cm³/mol. The van der Waals surface area contributed by atoms with Crippen molar-refractivity contribution < 1.29 is 23.1 Å². The van der Waals surface area contributed by atoms with Crippen molar-refractivity contribution in [3.63, 3.8) is 0 Å². The summed E-state index contributed by atoms with van der Waals surface area (Å²) in [6.45, 7) is 1.32. The van der Waals surface area contributed by atoms with Crippen LogP contribution in [0.4, 0.5) is 13.2 Å². The van der Waals surface area contributed by atoms with Gasteiger partial charge in [0.15, 0.2) is 0 Å². The van der Waals surface area contributed by atoms with Gasteiger partial charge in [0.25, 0.3) is 0 Å². The molecule has 1 aliphatic carbocycles. The molecule has 0 radical (unpaired) electrons. The zero-order chi connectivity index (χ0) is 14.0. The highest BCUT2D eigenvalue weighted by Gasteiger charge is 2.42. The number of rotatable bonds is 2. The Morgan fingerprint density at radius 1 is 1.11 bits per heavy atom. The van der Waals surface area contributed by atoms with Gasteiger partial charge in [0.1, 0.15) is 0 Å². The molecule has 0 spiro atoms. The number of alkyl halides is 3. The monoisotopic (exact) mass is 279 g/mol. The van der Waals surface area contributed by atoms with Crippen molar-refractivity contribution in [1.29, 1.82) is 0 Å². The Kier molecular flexibility index (Phi) is 4.38. The van der Waals surface area contributed by atoms with Crippen molar-refractivity contribution in [1.82, 2.24) is 4.90 Å². The molecule has 0 aromatic rings. The van der Waals surface area contributed by atoms with Gasteiger partial charge in [-0.3, -0.25) is 9.69 Å². The van der Waals surface area contributed by atoms with Crippen molar-refractivity contribution in [2.75, 3.05) is 13.1 Å². The molecule has 19 heavy (non-hydrogen) atoms. The topological polar surface area (TPSA) is 40.5 Å². The number of piperidine rings is 1. The van der Waals surface area contributed by atoms with E-state index in [9.17, 15) is 18.0 Å². The number of hydrogen-bond donors (Lipinski definition) is 1. The number of hydrogen-bond acceptors (Lipinski definition) is 2. The van der Waals surface area contributed by atoms with Gasteiger partial charge in [-0.1, -0.05) is 0 Å². The molecule has 2 fully saturated rings. The molecule has 1 saturated heterocycles. The average Bonchev–Trinajstić information content (AvgIpc) is 2.38. The maximum absolute atomic E-state index is 12.6. The van der Waals surface area contributed by atoms with E-state index in [-0.39, 0.29) is 24.8 Å². The Balaban J connectivity index is 1.86. The smallest absolute Gasteiger partial charge is 0.391 e. The first-order valence-corrected chi connectivity index (χ1v) is 6.91. The second-order valence-electron chi connectivity index (χ2n) is 5.72. The fourth-order valence-electron chi connectivity index (χ4n) is 3.31. The molecule has 1 saturated carbocycles. The quantitative estimate of drug-likeness (QED) is 0.845. The Morgan fingerprint density at radius 2 is 1.74 bits per heavy atom. The lowest BCUT2D eigenvalue weighted by atomic mass is 9.83. The van der Waals surface area contributed by atoms with Crippen LogP contribution < -0.4 is 0 Å². The van der Waals surface area contributed by atoms with Crippen LogP contribution >= 0.6 is 0 Å². The highest BCUT2D eigenvalue weighted by atomic mass is 19.4. The first-order chi connectivity index (χ1) is 8.88. The molecule has 0 amide bonds. The molecule has 0 aromatic carbocycles. The van der Waals surface area contributed by atoms with E-state index in [1.54, 1.807) is 0 Å². The van der Waals surface area contributed by atoms with Crippen LogP contribution in [-0.2, 0) is 4.79 Å². The molecule has 2 aliphatic rings. The Morgan fingerprint density at radius 3 is 2.26 bits per heavy atom. The average molecular weight is 279 g/mol. The van der Waals surface area contributed by atoms with Crippen LogP contribution in [0.25, 0.3) is 0 Å². The summed E-state index contributed by atoms with van der Waals surface area (Å²) in [5, 5.41) is 9.03. The number of carboxylic acid groups (broad SMARTS) is 1. The maximum Gasteiger partial charge on any atom is 0.391 e. The van der Waals surface area contributed by atoms with Gasteiger partial charge in [0.2, 0.25) is 0 Å². The summed E-state index contributed by atoms with van der Waals surface area (Å²) in [4.78, 5) is 13.1. The third-order valence-corrected chi connectivity index (χ3v) is 4.48. The summed E-state index contributed by atoms with van der Waals surface area (Å²) in [7, 11) is 0. The predicted octanol–water partition coefficient (Wildman–Crippen LogP) is 2.90. The maximum atomic E-state index is 12.6. The van der Waals surface area contributed by atoms with Crippen molar-refractivity contribution in [2.24, 2.45) is 11.8 Å². The minimum absolute atomic E-state index is 0.140. The first kappa shape index (κ1) is 14.6. The molecule has 1 unspecified atom stereocenters. The molecular formula is C13H20F3NO2. The summed E-state index contributed by atoms with van der Waals surface area (Å²) in [6.07, 6.45) is -1.12. The van der Waals surface area contributed by atoms with Gasteiger partial charge in [0, 0.05) is 12.6 Å². The van der Waals surface area contributed by atoms with Gasteiger partial charge in [-0.2, -0.15) is 13.2 Å². The van der Waals surface area contributed by atoms with Crippen LogP contribution in [0.2, 0.25) is 0 Å². The summed E-state index contributed by atoms with van der Waals surface area (Å²) < 4.78 is 37.8. The zero-order valence-corrected chi connectivity index (χ0v) is 10.8. The molecule has 110 valence electrons. The van der Waals surface area contributed by atoms with Crippen molar-refractivity contribution >= 4 is 5.97 Å². The fourth-order valence-corrected chi connectivity index (χ4v) is 3.31. The lowest BCUT2D eigenvalue weighted by Crippen LogP contribution is -2.46. The number of likely N-dealkylation sites (tertiary alicyclic amines) is 1. The second kappa shape index (κ2) is 5.69. The van der Waals surface area contributed by atoms with E-state index < -0.39 is 18.1 Å². The largest absolute Gasteiger partial charge is 0.481 e. The van der Waals surface area contributed by atoms with Crippen LogP contribution in [0.1, 0.15) is 38.5 Å². The highest BCUT2D eigenvalue weighted by molar-refractivity contribution is 5.70. The zero-order valence-electron chi connectivity index (χ0n) is 10.8. The number of halogens is 3. The van der Waals surface area contributed by atoms with Crippen LogP contribution in [0.3, 0.4) is 0 Å². The SMILES string of the molecule is O=C(O)C1CCCN(C2CCC(C(F)(F)F)CC2)C1. The van der Waals surface area contributed by atoms with Crippen molar-refractivity contribution in [3.8, 4) is 0 Å². The lowest BCUT2D eigenvalue weighted by molar-refractivity contribution is -0.184. The molecule has 6 heteroatoms. The fraction of sp³-hybridized carbons (Fsp3) is 0.923. The third-order valence-electron chi connectivity index (χ3n) is 4.48. The summed E-state index contributed by atoms with van der Waals surface area (Å²) in [5.74, 6) is -2.30. The van der Waals surface area contributed by atoms with Crippen LogP contribution in [-0.4, -0.2) is 41.3 Å². The second-order valence-corrected chi connectivity index (χ2v) is 5.72. The molecule has 1 N–H and O–H groups in total. The first-order valence-electron chi connectivity index (χ1n) is 6.91. The van der Waals surface area contributed by atoms with Gasteiger partial charge in [-0.25, -0.2) is 0 Å². The Labute approximate surface area is 110 Å². The summed E-state index contributed by atoms with van der Waals surface area (Å²) in [5.41, 5.74) is 0. The number of carbonyl (C=O) groups is 1. The third kappa shape index (κ3) is 3.61. The van der Waals surface area contributed by atoms with E-state index in [0.29, 0.717) is 25.8 Å². The van der Waals surface area contributed by atoms with Gasteiger partial charge in [0.05, 0.1) is 11.8 Å². The normalized spacial score (nSPS) is 34.2. The number of nitrogens with zero attached hydrogens (tertiary/aromatic N) is 1. The molecule has 3 nitrogen and oxygen atoms in total. The van der Waals surface area contributed by atoms with Crippen LogP contribution in [0.5, 0.6) is 0 Å². The van der Waals surface area contributed by atoms with E-state index >= 15 is 0 Å². The van der Waals surface area contributed by atoms with E-state index in [4.69, 9.17) is 5.11 Å². The standard InChI is InChI=1S/C13H20F3NO2/c14-13(15,16)10-3-5-11(6-4-10)17-7-1-2-9(8-17)12(18)19/h9-11H,1-8H2,(H,18,19). The molecular weight excluding hydrogens is 259 g/mol. The van der Waals surface area contributed by atoms with Crippen molar-refractivity contribution in [2.45, 2.75) is 50.7 Å². The van der Waals surface area contributed by atoms with Crippen LogP contribution in [0.15, 0.2) is 0 Å². The van der Waals surface area contributed by atoms with Gasteiger partial charge in [-0.15, -0.1) is 0 Å². The molecule has 2 rings (SSSR count). The summed E-state index contributed by atoms with van der Waals surface area (Å²) in [6, 6.07) is 0.140. The van der Waals surface area contributed by atoms with E-state index in [1.165, 1.54) is 0 Å². The van der Waals surface area contributed by atoms with Crippen LogP contribution in [0, 0.1) is 11.8 Å². The summed E-state index contributed by atoms with van der Waals surface area (Å²) >= 11 is 0.